The first kappa shape index (κ1) is 17.7. The Labute approximate surface area is 138 Å². The molecule has 0 unspecified atom stereocenters. The van der Waals surface area contributed by atoms with Gasteiger partial charge in [-0.2, -0.15) is 9.97 Å². The summed E-state index contributed by atoms with van der Waals surface area (Å²) in [6.07, 6.45) is 2.69. The first-order chi connectivity index (χ1) is 10.8. The van der Waals surface area contributed by atoms with E-state index in [1.165, 1.54) is 6.26 Å². The number of nitrogens with zero attached hydrogens (tertiary/aromatic N) is 4. The van der Waals surface area contributed by atoms with Crippen LogP contribution in [0.3, 0.4) is 0 Å². The molecule has 0 aromatic carbocycles. The van der Waals surface area contributed by atoms with Gasteiger partial charge >= 0.3 is 0 Å². The van der Waals surface area contributed by atoms with Gasteiger partial charge in [-0.25, -0.2) is 13.1 Å². The molecule has 130 valence electrons. The second-order valence-electron chi connectivity index (χ2n) is 5.77. The molecule has 3 N–H and O–H groups in total. The molecule has 0 spiro atoms. The Morgan fingerprint density at radius 3 is 2.43 bits per heavy atom. The topological polar surface area (TPSA) is 104 Å². The van der Waals surface area contributed by atoms with Crippen LogP contribution in [0.4, 0.5) is 17.6 Å². The molecule has 1 aliphatic heterocycles. The standard InChI is InChI=1S/C14H26N6O2S/c1-4-19(5-2)14-16-12(15)10-13(17-14)20-8-6-11(7-9-20)18-23(3,21)22/h10-11,18H,4-9H2,1-3H3,(H2,15,16,17). The number of hydrogen-bond acceptors (Lipinski definition) is 7. The second-order valence-corrected chi connectivity index (χ2v) is 7.55. The summed E-state index contributed by atoms with van der Waals surface area (Å²) in [5.41, 5.74) is 5.93. The third kappa shape index (κ3) is 4.93. The molecule has 8 nitrogen and oxygen atoms in total. The summed E-state index contributed by atoms with van der Waals surface area (Å²) in [6.45, 7) is 7.22. The third-order valence-electron chi connectivity index (χ3n) is 3.97. The molecule has 2 rings (SSSR count). The summed E-state index contributed by atoms with van der Waals surface area (Å²) in [4.78, 5) is 13.1. The molecule has 0 amide bonds. The molecule has 0 bridgehead atoms. The average Bonchev–Trinajstić information content (AvgIpc) is 2.47. The Kier molecular flexibility index (Phi) is 5.64. The van der Waals surface area contributed by atoms with Crippen LogP contribution in [0, 0.1) is 0 Å². The lowest BCUT2D eigenvalue weighted by molar-refractivity contribution is 0.460. The van der Waals surface area contributed by atoms with E-state index in [9.17, 15) is 8.42 Å². The lowest BCUT2D eigenvalue weighted by atomic mass is 10.1. The van der Waals surface area contributed by atoms with Gasteiger partial charge in [-0.05, 0) is 26.7 Å². The molecule has 1 aliphatic rings. The van der Waals surface area contributed by atoms with E-state index in [-0.39, 0.29) is 6.04 Å². The van der Waals surface area contributed by atoms with Crippen molar-refractivity contribution in [3.05, 3.63) is 6.07 Å². The maximum atomic E-state index is 11.3. The average molecular weight is 342 g/mol. The minimum absolute atomic E-state index is 0.0114. The van der Waals surface area contributed by atoms with E-state index in [2.05, 4.69) is 38.3 Å². The Bertz CT molecular complexity index is 624. The normalized spacial score (nSPS) is 16.6. The quantitative estimate of drug-likeness (QED) is 0.772. The van der Waals surface area contributed by atoms with Gasteiger partial charge in [0.15, 0.2) is 0 Å². The highest BCUT2D eigenvalue weighted by Crippen LogP contribution is 2.22. The van der Waals surface area contributed by atoms with Gasteiger partial charge in [-0.15, -0.1) is 0 Å². The Morgan fingerprint density at radius 1 is 1.30 bits per heavy atom. The van der Waals surface area contributed by atoms with Gasteiger partial charge in [0.25, 0.3) is 0 Å². The van der Waals surface area contributed by atoms with Crippen molar-refractivity contribution in [3.63, 3.8) is 0 Å². The zero-order valence-electron chi connectivity index (χ0n) is 14.0. The van der Waals surface area contributed by atoms with Gasteiger partial charge in [-0.3, -0.25) is 0 Å². The highest BCUT2D eigenvalue weighted by atomic mass is 32.2. The third-order valence-corrected chi connectivity index (χ3v) is 4.73. The highest BCUT2D eigenvalue weighted by molar-refractivity contribution is 7.88. The molecule has 0 atom stereocenters. The number of rotatable bonds is 6. The summed E-state index contributed by atoms with van der Waals surface area (Å²) in [5, 5.41) is 0. The van der Waals surface area contributed by atoms with Crippen molar-refractivity contribution in [1.29, 1.82) is 0 Å². The SMILES string of the molecule is CCN(CC)c1nc(N)cc(N2CCC(NS(C)(=O)=O)CC2)n1. The molecule has 2 heterocycles. The molecule has 0 saturated carbocycles. The lowest BCUT2D eigenvalue weighted by Crippen LogP contribution is -2.44. The van der Waals surface area contributed by atoms with Gasteiger partial charge in [0.05, 0.1) is 6.26 Å². The van der Waals surface area contributed by atoms with Gasteiger partial charge in [-0.1, -0.05) is 0 Å². The predicted molar refractivity (Wildman–Crippen MR) is 93.2 cm³/mol. The molecule has 1 saturated heterocycles. The van der Waals surface area contributed by atoms with Crippen LogP contribution in [-0.2, 0) is 10.0 Å². The molecular formula is C14H26N6O2S. The highest BCUT2D eigenvalue weighted by Gasteiger charge is 2.23. The number of aromatic nitrogens is 2. The zero-order valence-corrected chi connectivity index (χ0v) is 14.8. The monoisotopic (exact) mass is 342 g/mol. The van der Waals surface area contributed by atoms with Gasteiger partial charge in [0.1, 0.15) is 11.6 Å². The van der Waals surface area contributed by atoms with Crippen LogP contribution in [-0.4, -0.2) is 56.9 Å². The fourth-order valence-electron chi connectivity index (χ4n) is 2.78. The Hall–Kier alpha value is -1.61. The smallest absolute Gasteiger partial charge is 0.229 e. The van der Waals surface area contributed by atoms with Crippen LogP contribution >= 0.6 is 0 Å². The van der Waals surface area contributed by atoms with E-state index in [1.54, 1.807) is 6.07 Å². The minimum atomic E-state index is -3.16. The molecular weight excluding hydrogens is 316 g/mol. The van der Waals surface area contributed by atoms with E-state index < -0.39 is 10.0 Å². The molecule has 9 heteroatoms. The van der Waals surface area contributed by atoms with Gasteiger partial charge in [0.2, 0.25) is 16.0 Å². The summed E-state index contributed by atoms with van der Waals surface area (Å²) >= 11 is 0. The van der Waals surface area contributed by atoms with Crippen molar-refractivity contribution in [3.8, 4) is 0 Å². The molecule has 0 radical (unpaired) electrons. The number of sulfonamides is 1. The van der Waals surface area contributed by atoms with Crippen LogP contribution in [0.2, 0.25) is 0 Å². The van der Waals surface area contributed by atoms with E-state index >= 15 is 0 Å². The zero-order chi connectivity index (χ0) is 17.0. The molecule has 23 heavy (non-hydrogen) atoms. The van der Waals surface area contributed by atoms with Gasteiger partial charge in [0, 0.05) is 38.3 Å². The van der Waals surface area contributed by atoms with E-state index in [0.29, 0.717) is 11.8 Å². The maximum absolute atomic E-state index is 11.3. The van der Waals surface area contributed by atoms with Crippen molar-refractivity contribution < 1.29 is 8.42 Å². The van der Waals surface area contributed by atoms with Crippen LogP contribution in [0.15, 0.2) is 6.07 Å². The number of nitrogens with one attached hydrogen (secondary N) is 1. The summed E-state index contributed by atoms with van der Waals surface area (Å²) < 4.78 is 25.3. The van der Waals surface area contributed by atoms with E-state index in [4.69, 9.17) is 5.73 Å². The van der Waals surface area contributed by atoms with Crippen LogP contribution in [0.25, 0.3) is 0 Å². The van der Waals surface area contributed by atoms with Crippen molar-refractivity contribution in [2.45, 2.75) is 32.7 Å². The predicted octanol–water partition coefficient (Wildman–Crippen LogP) is 0.423. The van der Waals surface area contributed by atoms with Crippen LogP contribution < -0.4 is 20.3 Å². The fraction of sp³-hybridized carbons (Fsp3) is 0.714. The Balaban J connectivity index is 2.08. The van der Waals surface area contributed by atoms with Crippen LogP contribution in [0.1, 0.15) is 26.7 Å². The fourth-order valence-corrected chi connectivity index (χ4v) is 3.62. The van der Waals surface area contributed by atoms with Crippen molar-refractivity contribution >= 4 is 27.6 Å². The van der Waals surface area contributed by atoms with E-state index in [0.717, 1.165) is 44.8 Å². The van der Waals surface area contributed by atoms with Crippen LogP contribution in [0.5, 0.6) is 0 Å². The molecule has 1 aromatic rings. The summed E-state index contributed by atoms with van der Waals surface area (Å²) in [5.74, 6) is 1.90. The van der Waals surface area contributed by atoms with E-state index in [1.807, 2.05) is 0 Å². The Morgan fingerprint density at radius 2 is 1.91 bits per heavy atom. The maximum Gasteiger partial charge on any atom is 0.229 e. The first-order valence-electron chi connectivity index (χ1n) is 7.94. The van der Waals surface area contributed by atoms with Crippen molar-refractivity contribution in [1.82, 2.24) is 14.7 Å². The largest absolute Gasteiger partial charge is 0.383 e. The lowest BCUT2D eigenvalue weighted by Gasteiger charge is -2.33. The number of nitrogen functional groups attached to an aromatic ring is 1. The first-order valence-corrected chi connectivity index (χ1v) is 9.83. The van der Waals surface area contributed by atoms with Crippen molar-refractivity contribution in [2.24, 2.45) is 0 Å². The summed E-state index contributed by atoms with van der Waals surface area (Å²) in [7, 11) is -3.16. The number of anilines is 3. The number of piperidine rings is 1. The van der Waals surface area contributed by atoms with Gasteiger partial charge < -0.3 is 15.5 Å². The number of hydrogen-bond donors (Lipinski definition) is 2. The molecule has 1 aromatic heterocycles. The second kappa shape index (κ2) is 7.31. The number of nitrogens with two attached hydrogens (primary N) is 1. The molecule has 1 fully saturated rings. The molecule has 0 aliphatic carbocycles. The summed E-state index contributed by atoms with van der Waals surface area (Å²) in [6, 6.07) is 1.76. The minimum Gasteiger partial charge on any atom is -0.383 e. The van der Waals surface area contributed by atoms with Crippen molar-refractivity contribution in [2.75, 3.05) is 48.0 Å².